The number of nitrogens with two attached hydrogens (primary N) is 1. The molecule has 1 aromatic heterocycles. The summed E-state index contributed by atoms with van der Waals surface area (Å²) < 4.78 is 0. The van der Waals surface area contributed by atoms with E-state index in [1.807, 2.05) is 30.3 Å². The molecular weight excluding hydrogens is 344 g/mol. The maximum absolute atomic E-state index is 12.7. The number of likely N-dealkylation sites (tertiary alicyclic amines) is 1. The average Bonchev–Trinajstić information content (AvgIpc) is 2.69. The summed E-state index contributed by atoms with van der Waals surface area (Å²) in [5, 5.41) is 12.8. The number of carbonyl (C=O) groups excluding carboxylic acids is 2. The number of piperidine rings is 1. The summed E-state index contributed by atoms with van der Waals surface area (Å²) in [6.07, 6.45) is 2.39. The Morgan fingerprint density at radius 1 is 1.19 bits per heavy atom. The second-order valence-electron chi connectivity index (χ2n) is 7.05. The predicted molar refractivity (Wildman–Crippen MR) is 102 cm³/mol. The van der Waals surface area contributed by atoms with E-state index in [1.54, 1.807) is 17.0 Å². The highest BCUT2D eigenvalue weighted by Gasteiger charge is 2.37. The number of pyridine rings is 1. The van der Waals surface area contributed by atoms with Crippen molar-refractivity contribution < 1.29 is 14.7 Å². The van der Waals surface area contributed by atoms with Crippen molar-refractivity contribution in [1.82, 2.24) is 9.88 Å². The van der Waals surface area contributed by atoms with Crippen molar-refractivity contribution in [2.75, 3.05) is 25.0 Å². The molecule has 27 heavy (non-hydrogen) atoms. The lowest BCUT2D eigenvalue weighted by atomic mass is 9.76. The molecule has 1 aliphatic rings. The number of rotatable bonds is 5. The van der Waals surface area contributed by atoms with Gasteiger partial charge in [-0.3, -0.25) is 10.1 Å². The molecule has 7 nitrogen and oxygen atoms in total. The normalized spacial score (nSPS) is 19.5. The number of nitrogens with one attached hydrogen (secondary N) is 1. The van der Waals surface area contributed by atoms with Gasteiger partial charge < -0.3 is 15.7 Å². The summed E-state index contributed by atoms with van der Waals surface area (Å²) in [5.74, 6) is -0.370. The van der Waals surface area contributed by atoms with E-state index in [0.717, 1.165) is 18.4 Å². The first-order chi connectivity index (χ1) is 13.0. The quantitative estimate of drug-likeness (QED) is 0.750. The minimum atomic E-state index is -0.647. The van der Waals surface area contributed by atoms with Gasteiger partial charge in [0.05, 0.1) is 6.61 Å². The van der Waals surface area contributed by atoms with Gasteiger partial charge in [0.15, 0.2) is 0 Å². The van der Waals surface area contributed by atoms with E-state index < -0.39 is 5.91 Å². The zero-order valence-corrected chi connectivity index (χ0v) is 15.1. The van der Waals surface area contributed by atoms with Gasteiger partial charge in [0.25, 0.3) is 5.91 Å². The number of urea groups is 1. The van der Waals surface area contributed by atoms with Gasteiger partial charge in [0.1, 0.15) is 11.5 Å². The van der Waals surface area contributed by atoms with Crippen LogP contribution in [0.25, 0.3) is 0 Å². The van der Waals surface area contributed by atoms with Crippen LogP contribution in [0.3, 0.4) is 0 Å². The van der Waals surface area contributed by atoms with E-state index in [1.165, 1.54) is 6.07 Å². The van der Waals surface area contributed by atoms with Crippen molar-refractivity contribution in [2.24, 2.45) is 11.1 Å². The molecule has 4 N–H and O–H groups in total. The van der Waals surface area contributed by atoms with Crippen molar-refractivity contribution in [3.8, 4) is 0 Å². The second-order valence-corrected chi connectivity index (χ2v) is 7.05. The fraction of sp³-hybridized carbons (Fsp3) is 0.350. The van der Waals surface area contributed by atoms with Gasteiger partial charge in [0, 0.05) is 18.5 Å². The summed E-state index contributed by atoms with van der Waals surface area (Å²) in [7, 11) is 0. The molecule has 0 bridgehead atoms. The Bertz CT molecular complexity index is 812. The molecule has 3 amide bonds. The smallest absolute Gasteiger partial charge is 0.323 e. The van der Waals surface area contributed by atoms with Crippen molar-refractivity contribution in [3.63, 3.8) is 0 Å². The molecule has 2 heterocycles. The third-order valence-corrected chi connectivity index (χ3v) is 4.94. The fourth-order valence-electron chi connectivity index (χ4n) is 3.57. The summed E-state index contributed by atoms with van der Waals surface area (Å²) in [6.45, 7) is 1.08. The van der Waals surface area contributed by atoms with Crippen LogP contribution >= 0.6 is 0 Å². The van der Waals surface area contributed by atoms with E-state index in [2.05, 4.69) is 10.3 Å². The first-order valence-electron chi connectivity index (χ1n) is 8.99. The number of aliphatic hydroxyl groups excluding tert-OH is 1. The number of hydrogen-bond acceptors (Lipinski definition) is 4. The third-order valence-electron chi connectivity index (χ3n) is 4.94. The molecule has 1 fully saturated rings. The zero-order valence-electron chi connectivity index (χ0n) is 15.1. The molecule has 0 saturated carbocycles. The number of aromatic nitrogens is 1. The van der Waals surface area contributed by atoms with Gasteiger partial charge in [-0.2, -0.15) is 0 Å². The first-order valence-corrected chi connectivity index (χ1v) is 8.99. The van der Waals surface area contributed by atoms with Gasteiger partial charge in [-0.05, 0) is 37.0 Å². The Kier molecular flexibility index (Phi) is 5.71. The van der Waals surface area contributed by atoms with E-state index in [4.69, 9.17) is 5.73 Å². The van der Waals surface area contributed by atoms with Crippen LogP contribution in [0.1, 0.15) is 28.9 Å². The van der Waals surface area contributed by atoms with Crippen LogP contribution < -0.4 is 11.1 Å². The molecule has 1 aliphatic heterocycles. The van der Waals surface area contributed by atoms with Crippen LogP contribution in [-0.2, 0) is 6.42 Å². The number of carbonyl (C=O) groups is 2. The largest absolute Gasteiger partial charge is 0.396 e. The summed E-state index contributed by atoms with van der Waals surface area (Å²) >= 11 is 0. The lowest BCUT2D eigenvalue weighted by Gasteiger charge is -2.42. The number of primary amides is 1. The molecule has 1 aromatic carbocycles. The van der Waals surface area contributed by atoms with Crippen LogP contribution in [0.5, 0.6) is 0 Å². The Labute approximate surface area is 158 Å². The van der Waals surface area contributed by atoms with E-state index >= 15 is 0 Å². The summed E-state index contributed by atoms with van der Waals surface area (Å²) in [4.78, 5) is 29.7. The maximum Gasteiger partial charge on any atom is 0.323 e. The molecule has 0 aliphatic carbocycles. The number of nitrogens with zero attached hydrogens (tertiary/aromatic N) is 2. The van der Waals surface area contributed by atoms with Gasteiger partial charge in [-0.15, -0.1) is 0 Å². The standard InChI is InChI=1S/C20H24N4O3/c21-18(26)16-8-4-9-17(22-16)23-19(27)24-11-5-10-20(13-24,14-25)12-15-6-2-1-3-7-15/h1-4,6-9,25H,5,10-14H2,(H2,21,26)(H,22,23,27). The van der Waals surface area contributed by atoms with E-state index in [9.17, 15) is 14.7 Å². The van der Waals surface area contributed by atoms with Crippen LogP contribution in [0.4, 0.5) is 10.6 Å². The number of anilines is 1. The summed E-state index contributed by atoms with van der Waals surface area (Å²) in [5.41, 5.74) is 6.11. The average molecular weight is 368 g/mol. The summed E-state index contributed by atoms with van der Waals surface area (Å²) in [6, 6.07) is 14.4. The highest BCUT2D eigenvalue weighted by Crippen LogP contribution is 2.33. The van der Waals surface area contributed by atoms with Crippen molar-refractivity contribution in [3.05, 3.63) is 59.8 Å². The van der Waals surface area contributed by atoms with Crippen molar-refractivity contribution in [2.45, 2.75) is 19.3 Å². The number of benzene rings is 1. The number of hydrogen-bond donors (Lipinski definition) is 3. The Morgan fingerprint density at radius 2 is 1.96 bits per heavy atom. The van der Waals surface area contributed by atoms with Crippen LogP contribution in [0.15, 0.2) is 48.5 Å². The van der Waals surface area contributed by atoms with Gasteiger partial charge >= 0.3 is 6.03 Å². The molecule has 0 spiro atoms. The minimum Gasteiger partial charge on any atom is -0.396 e. The van der Waals surface area contributed by atoms with E-state index in [-0.39, 0.29) is 29.6 Å². The monoisotopic (exact) mass is 368 g/mol. The van der Waals surface area contributed by atoms with Crippen LogP contribution in [0.2, 0.25) is 0 Å². The molecule has 7 heteroatoms. The fourth-order valence-corrected chi connectivity index (χ4v) is 3.57. The zero-order chi connectivity index (χ0) is 19.3. The molecule has 2 aromatic rings. The van der Waals surface area contributed by atoms with Gasteiger partial charge in [-0.25, -0.2) is 9.78 Å². The molecule has 3 rings (SSSR count). The Hall–Kier alpha value is -2.93. The minimum absolute atomic E-state index is 0.0150. The molecular formula is C20H24N4O3. The Morgan fingerprint density at radius 3 is 2.67 bits per heavy atom. The highest BCUT2D eigenvalue weighted by atomic mass is 16.3. The molecule has 142 valence electrons. The molecule has 0 radical (unpaired) electrons. The lowest BCUT2D eigenvalue weighted by Crippen LogP contribution is -2.50. The third kappa shape index (κ3) is 4.62. The first kappa shape index (κ1) is 18.8. The number of amides is 3. The molecule has 1 unspecified atom stereocenters. The Balaban J connectivity index is 1.70. The molecule has 1 saturated heterocycles. The predicted octanol–water partition coefficient (Wildman–Crippen LogP) is 2.03. The van der Waals surface area contributed by atoms with Gasteiger partial charge in [-0.1, -0.05) is 36.4 Å². The number of aliphatic hydroxyl groups is 1. The molecule has 1 atom stereocenters. The van der Waals surface area contributed by atoms with Gasteiger partial charge in [0.2, 0.25) is 0 Å². The topological polar surface area (TPSA) is 109 Å². The van der Waals surface area contributed by atoms with Crippen LogP contribution in [-0.4, -0.2) is 46.6 Å². The van der Waals surface area contributed by atoms with Crippen LogP contribution in [0, 0.1) is 5.41 Å². The van der Waals surface area contributed by atoms with Crippen molar-refractivity contribution >= 4 is 17.8 Å². The van der Waals surface area contributed by atoms with Crippen molar-refractivity contribution in [1.29, 1.82) is 0 Å². The highest BCUT2D eigenvalue weighted by molar-refractivity contribution is 5.92. The SMILES string of the molecule is NC(=O)c1cccc(NC(=O)N2CCCC(CO)(Cc3ccccc3)C2)n1. The second kappa shape index (κ2) is 8.18. The lowest BCUT2D eigenvalue weighted by molar-refractivity contribution is 0.0500. The maximum atomic E-state index is 12.7. The van der Waals surface area contributed by atoms with E-state index in [0.29, 0.717) is 19.5 Å².